The van der Waals surface area contributed by atoms with E-state index in [-0.39, 0.29) is 5.91 Å². The largest absolute Gasteiger partial charge is 0.384 e. The third-order valence-corrected chi connectivity index (χ3v) is 2.55. The van der Waals surface area contributed by atoms with Gasteiger partial charge in [-0.05, 0) is 29.8 Å². The van der Waals surface area contributed by atoms with Crippen LogP contribution in [0.2, 0.25) is 0 Å². The van der Waals surface area contributed by atoms with E-state index in [9.17, 15) is 4.79 Å². The SMILES string of the molecule is CN(Cc1ccncc1)C(=O)c1ccc(N)nc1. The molecule has 0 aliphatic rings. The molecule has 5 nitrogen and oxygen atoms in total. The van der Waals surface area contributed by atoms with Crippen LogP contribution in [0.15, 0.2) is 42.9 Å². The zero-order valence-electron chi connectivity index (χ0n) is 10.1. The summed E-state index contributed by atoms with van der Waals surface area (Å²) in [4.78, 5) is 21.6. The summed E-state index contributed by atoms with van der Waals surface area (Å²) in [5.41, 5.74) is 7.04. The van der Waals surface area contributed by atoms with Crippen molar-refractivity contribution < 1.29 is 4.79 Å². The van der Waals surface area contributed by atoms with E-state index in [1.54, 1.807) is 36.5 Å². The lowest BCUT2D eigenvalue weighted by molar-refractivity contribution is 0.0784. The predicted molar refractivity (Wildman–Crippen MR) is 68.7 cm³/mol. The highest BCUT2D eigenvalue weighted by Gasteiger charge is 2.12. The number of nitrogens with two attached hydrogens (primary N) is 1. The van der Waals surface area contributed by atoms with E-state index >= 15 is 0 Å². The van der Waals surface area contributed by atoms with Crippen molar-refractivity contribution in [2.24, 2.45) is 0 Å². The summed E-state index contributed by atoms with van der Waals surface area (Å²) in [5, 5.41) is 0. The molecule has 92 valence electrons. The summed E-state index contributed by atoms with van der Waals surface area (Å²) in [6.07, 6.45) is 4.90. The molecule has 0 radical (unpaired) electrons. The Kier molecular flexibility index (Phi) is 3.52. The summed E-state index contributed by atoms with van der Waals surface area (Å²) < 4.78 is 0. The van der Waals surface area contributed by atoms with Crippen LogP contribution in [0.1, 0.15) is 15.9 Å². The molecule has 18 heavy (non-hydrogen) atoms. The molecule has 2 heterocycles. The molecule has 0 bridgehead atoms. The first kappa shape index (κ1) is 12.0. The summed E-state index contributed by atoms with van der Waals surface area (Å²) in [5.74, 6) is 0.322. The number of amides is 1. The number of rotatable bonds is 3. The Bertz CT molecular complexity index is 524. The molecule has 5 heteroatoms. The molecule has 0 saturated heterocycles. The number of pyridine rings is 2. The lowest BCUT2D eigenvalue weighted by atomic mass is 10.2. The molecule has 1 amide bonds. The van der Waals surface area contributed by atoms with Gasteiger partial charge in [-0.2, -0.15) is 0 Å². The van der Waals surface area contributed by atoms with E-state index in [1.165, 1.54) is 6.20 Å². The monoisotopic (exact) mass is 242 g/mol. The van der Waals surface area contributed by atoms with Crippen molar-refractivity contribution in [3.05, 3.63) is 54.0 Å². The fraction of sp³-hybridized carbons (Fsp3) is 0.154. The first-order valence-corrected chi connectivity index (χ1v) is 5.52. The maximum Gasteiger partial charge on any atom is 0.255 e. The van der Waals surface area contributed by atoms with Crippen LogP contribution >= 0.6 is 0 Å². The van der Waals surface area contributed by atoms with Crippen molar-refractivity contribution in [2.75, 3.05) is 12.8 Å². The summed E-state index contributed by atoms with van der Waals surface area (Å²) >= 11 is 0. The van der Waals surface area contributed by atoms with Gasteiger partial charge in [-0.15, -0.1) is 0 Å². The molecular weight excluding hydrogens is 228 g/mol. The van der Waals surface area contributed by atoms with Gasteiger partial charge in [-0.3, -0.25) is 9.78 Å². The van der Waals surface area contributed by atoms with Gasteiger partial charge in [0.05, 0.1) is 5.56 Å². The van der Waals surface area contributed by atoms with Crippen molar-refractivity contribution in [1.82, 2.24) is 14.9 Å². The molecule has 0 atom stereocenters. The van der Waals surface area contributed by atoms with Gasteiger partial charge in [0.1, 0.15) is 5.82 Å². The number of nitrogen functional groups attached to an aromatic ring is 1. The molecule has 2 aromatic heterocycles. The summed E-state index contributed by atoms with van der Waals surface area (Å²) in [6.45, 7) is 0.533. The Morgan fingerprint density at radius 2 is 2.00 bits per heavy atom. The minimum atomic E-state index is -0.0840. The van der Waals surface area contributed by atoms with Crippen molar-refractivity contribution in [2.45, 2.75) is 6.54 Å². The third-order valence-electron chi connectivity index (χ3n) is 2.55. The minimum absolute atomic E-state index is 0.0840. The molecule has 0 spiro atoms. The second kappa shape index (κ2) is 5.27. The van der Waals surface area contributed by atoms with Crippen LogP contribution < -0.4 is 5.73 Å². The molecule has 0 fully saturated rings. The number of hydrogen-bond acceptors (Lipinski definition) is 4. The maximum atomic E-state index is 12.1. The van der Waals surface area contributed by atoms with Crippen molar-refractivity contribution >= 4 is 11.7 Å². The zero-order chi connectivity index (χ0) is 13.0. The number of nitrogens with zero attached hydrogens (tertiary/aromatic N) is 3. The topological polar surface area (TPSA) is 72.1 Å². The smallest absolute Gasteiger partial charge is 0.255 e. The van der Waals surface area contributed by atoms with Crippen molar-refractivity contribution in [1.29, 1.82) is 0 Å². The van der Waals surface area contributed by atoms with E-state index in [4.69, 9.17) is 5.73 Å². The zero-order valence-corrected chi connectivity index (χ0v) is 10.1. The van der Waals surface area contributed by atoms with Crippen LogP contribution in [0.25, 0.3) is 0 Å². The molecule has 0 aliphatic carbocycles. The van der Waals surface area contributed by atoms with Gasteiger partial charge < -0.3 is 10.6 Å². The fourth-order valence-electron chi connectivity index (χ4n) is 1.59. The van der Waals surface area contributed by atoms with E-state index < -0.39 is 0 Å². The van der Waals surface area contributed by atoms with Crippen LogP contribution in [0.4, 0.5) is 5.82 Å². The quantitative estimate of drug-likeness (QED) is 0.881. The normalized spacial score (nSPS) is 10.1. The molecule has 0 aliphatic heterocycles. The van der Waals surface area contributed by atoms with E-state index in [0.717, 1.165) is 5.56 Å². The van der Waals surface area contributed by atoms with E-state index in [2.05, 4.69) is 9.97 Å². The number of aromatic nitrogens is 2. The average molecular weight is 242 g/mol. The van der Waals surface area contributed by atoms with Gasteiger partial charge in [0.25, 0.3) is 5.91 Å². The van der Waals surface area contributed by atoms with Crippen LogP contribution in [0, 0.1) is 0 Å². The molecule has 2 rings (SSSR count). The molecule has 2 aromatic rings. The standard InChI is InChI=1S/C13H14N4O/c1-17(9-10-4-6-15-7-5-10)13(18)11-2-3-12(14)16-8-11/h2-8H,9H2,1H3,(H2,14,16). The highest BCUT2D eigenvalue weighted by molar-refractivity contribution is 5.93. The van der Waals surface area contributed by atoms with Crippen LogP contribution in [-0.2, 0) is 6.54 Å². The van der Waals surface area contributed by atoms with Crippen molar-refractivity contribution in [3.63, 3.8) is 0 Å². The third kappa shape index (κ3) is 2.82. The summed E-state index contributed by atoms with van der Waals surface area (Å²) in [6, 6.07) is 7.05. The minimum Gasteiger partial charge on any atom is -0.384 e. The number of carbonyl (C=O) groups is 1. The Morgan fingerprint density at radius 3 is 2.61 bits per heavy atom. The molecule has 0 aromatic carbocycles. The summed E-state index contributed by atoms with van der Waals surface area (Å²) in [7, 11) is 1.75. The van der Waals surface area contributed by atoms with Crippen LogP contribution in [0.5, 0.6) is 0 Å². The lowest BCUT2D eigenvalue weighted by Crippen LogP contribution is -2.26. The number of hydrogen-bond donors (Lipinski definition) is 1. The van der Waals surface area contributed by atoms with Gasteiger partial charge >= 0.3 is 0 Å². The second-order valence-electron chi connectivity index (χ2n) is 3.99. The molecular formula is C13H14N4O. The molecule has 0 unspecified atom stereocenters. The van der Waals surface area contributed by atoms with Gasteiger partial charge in [0, 0.05) is 32.2 Å². The Labute approximate surface area is 105 Å². The van der Waals surface area contributed by atoms with Gasteiger partial charge in [0.15, 0.2) is 0 Å². The molecule has 2 N–H and O–H groups in total. The van der Waals surface area contributed by atoms with Gasteiger partial charge in [-0.1, -0.05) is 0 Å². The Balaban J connectivity index is 2.07. The predicted octanol–water partition coefficient (Wildman–Crippen LogP) is 1.33. The first-order valence-electron chi connectivity index (χ1n) is 5.52. The van der Waals surface area contributed by atoms with Crippen molar-refractivity contribution in [3.8, 4) is 0 Å². The highest BCUT2D eigenvalue weighted by Crippen LogP contribution is 2.08. The fourth-order valence-corrected chi connectivity index (χ4v) is 1.59. The van der Waals surface area contributed by atoms with E-state index in [0.29, 0.717) is 17.9 Å². The molecule has 0 saturated carbocycles. The van der Waals surface area contributed by atoms with Crippen LogP contribution in [-0.4, -0.2) is 27.8 Å². The average Bonchev–Trinajstić information content (AvgIpc) is 2.40. The maximum absolute atomic E-state index is 12.1. The van der Waals surface area contributed by atoms with Gasteiger partial charge in [-0.25, -0.2) is 4.98 Å². The Morgan fingerprint density at radius 1 is 1.28 bits per heavy atom. The highest BCUT2D eigenvalue weighted by atomic mass is 16.2. The number of carbonyl (C=O) groups excluding carboxylic acids is 1. The lowest BCUT2D eigenvalue weighted by Gasteiger charge is -2.17. The second-order valence-corrected chi connectivity index (χ2v) is 3.99. The van der Waals surface area contributed by atoms with E-state index in [1.807, 2.05) is 12.1 Å². The Hall–Kier alpha value is -2.43. The first-order chi connectivity index (χ1) is 8.66. The van der Waals surface area contributed by atoms with Gasteiger partial charge in [0.2, 0.25) is 0 Å². The van der Waals surface area contributed by atoms with Crippen LogP contribution in [0.3, 0.4) is 0 Å². The number of anilines is 1.